The third-order valence-corrected chi connectivity index (χ3v) is 5.63. The number of anilines is 2. The summed E-state index contributed by atoms with van der Waals surface area (Å²) in [6.45, 7) is -0.715. The zero-order valence-electron chi connectivity index (χ0n) is 15.4. The molecule has 0 bridgehead atoms. The molecular formula is C20H17N2O6S2-. The summed E-state index contributed by atoms with van der Waals surface area (Å²) < 4.78 is 24.7. The number of benzene rings is 2. The average Bonchev–Trinajstić information content (AvgIpc) is 3.26. The predicted molar refractivity (Wildman–Crippen MR) is 113 cm³/mol. The number of nitrogens with one attached hydrogen (secondary N) is 1. The molecule has 156 valence electrons. The van der Waals surface area contributed by atoms with Crippen molar-refractivity contribution in [2.45, 2.75) is 6.04 Å². The number of thiophene rings is 1. The molecule has 0 saturated heterocycles. The highest BCUT2D eigenvalue weighted by Gasteiger charge is 2.19. The molecule has 0 aliphatic carbocycles. The van der Waals surface area contributed by atoms with Crippen molar-refractivity contribution in [1.29, 1.82) is 0 Å². The van der Waals surface area contributed by atoms with Crippen LogP contribution >= 0.6 is 11.3 Å². The molecule has 2 unspecified atom stereocenters. The molecule has 10 heteroatoms. The first-order chi connectivity index (χ1) is 14.4. The van der Waals surface area contributed by atoms with E-state index in [-0.39, 0.29) is 5.56 Å². The largest absolute Gasteiger partial charge is 0.755 e. The van der Waals surface area contributed by atoms with Gasteiger partial charge < -0.3 is 20.1 Å². The Labute approximate surface area is 178 Å². The van der Waals surface area contributed by atoms with E-state index in [1.165, 1.54) is 27.8 Å². The van der Waals surface area contributed by atoms with Crippen molar-refractivity contribution in [3.8, 4) is 11.1 Å². The maximum absolute atomic E-state index is 12.2. The summed E-state index contributed by atoms with van der Waals surface area (Å²) in [5.41, 5.74) is 2.72. The number of carbonyl (C=O) groups is 2. The molecule has 0 saturated carbocycles. The lowest BCUT2D eigenvalue weighted by molar-refractivity contribution is -0.140. The van der Waals surface area contributed by atoms with E-state index >= 15 is 0 Å². The first-order valence-corrected chi connectivity index (χ1v) is 10.6. The number of carbonyl (C=O) groups excluding carboxylic acids is 1. The van der Waals surface area contributed by atoms with Crippen LogP contribution in [0.3, 0.4) is 0 Å². The van der Waals surface area contributed by atoms with Crippen LogP contribution in [0.25, 0.3) is 11.1 Å². The number of carboxylic acid groups (broad SMARTS) is 1. The van der Waals surface area contributed by atoms with Gasteiger partial charge in [0.15, 0.2) is 6.04 Å². The number of nitrogens with zero attached hydrogens (tertiary/aromatic N) is 1. The van der Waals surface area contributed by atoms with Crippen LogP contribution in [0.4, 0.5) is 11.4 Å². The fourth-order valence-corrected chi connectivity index (χ4v) is 4.01. The third kappa shape index (κ3) is 4.92. The van der Waals surface area contributed by atoms with Gasteiger partial charge in [-0.15, -0.1) is 0 Å². The molecule has 1 heterocycles. The number of hydrogen-bond donors (Lipinski definition) is 3. The zero-order chi connectivity index (χ0) is 21.7. The van der Waals surface area contributed by atoms with Gasteiger partial charge in [0.05, 0.1) is 29.2 Å². The van der Waals surface area contributed by atoms with Gasteiger partial charge in [0.25, 0.3) is 5.91 Å². The van der Waals surface area contributed by atoms with E-state index in [1.54, 1.807) is 47.2 Å². The molecule has 0 spiro atoms. The number of aliphatic hydroxyl groups is 1. The Morgan fingerprint density at radius 3 is 2.40 bits per heavy atom. The Hall–Kier alpha value is -3.05. The van der Waals surface area contributed by atoms with Crippen LogP contribution < -0.4 is 9.62 Å². The van der Waals surface area contributed by atoms with Crippen LogP contribution in [-0.2, 0) is 16.1 Å². The summed E-state index contributed by atoms with van der Waals surface area (Å²) in [4.78, 5) is 23.1. The number of rotatable bonds is 8. The molecule has 2 aromatic carbocycles. The number of aliphatic carboxylic acids is 1. The molecular weight excluding hydrogens is 428 g/mol. The molecule has 3 N–H and O–H groups in total. The minimum atomic E-state index is -2.50. The standard InChI is InChI=1S/C20H18N2O6S2/c23-11-18(20(25)26)21-19(24)14-6-4-13(5-7-14)15-2-1-3-16(10-15)22(30(27)28)17-8-9-29-12-17/h1-10,12,18,23H,11H2,(H,21,24)(H,25,26)(H,27,28)/p-1. The van der Waals surface area contributed by atoms with Gasteiger partial charge in [-0.05, 0) is 46.8 Å². The van der Waals surface area contributed by atoms with Crippen LogP contribution in [0.15, 0.2) is 65.4 Å². The monoisotopic (exact) mass is 445 g/mol. The highest BCUT2D eigenvalue weighted by Crippen LogP contribution is 2.32. The first kappa shape index (κ1) is 21.7. The second-order valence-electron chi connectivity index (χ2n) is 6.17. The number of hydrogen-bond acceptors (Lipinski definition) is 6. The van der Waals surface area contributed by atoms with Gasteiger partial charge in [0, 0.05) is 10.9 Å². The summed E-state index contributed by atoms with van der Waals surface area (Å²) >= 11 is -1.11. The molecule has 2 atom stereocenters. The fourth-order valence-electron chi connectivity index (χ4n) is 2.75. The SMILES string of the molecule is O=C(NC(CO)C(=O)O)c1ccc(-c2cccc(N(c3ccsc3)S(=O)[O-])c2)cc1. The van der Waals surface area contributed by atoms with E-state index < -0.39 is 35.8 Å². The summed E-state index contributed by atoms with van der Waals surface area (Å²) in [5.74, 6) is -1.95. The molecule has 30 heavy (non-hydrogen) atoms. The maximum atomic E-state index is 12.2. The molecule has 0 fully saturated rings. The van der Waals surface area contributed by atoms with E-state index in [0.29, 0.717) is 11.4 Å². The van der Waals surface area contributed by atoms with Crippen LogP contribution in [0.5, 0.6) is 0 Å². The van der Waals surface area contributed by atoms with Crippen molar-refractivity contribution >= 4 is 45.9 Å². The Kier molecular flexibility index (Phi) is 6.95. The first-order valence-electron chi connectivity index (χ1n) is 8.67. The van der Waals surface area contributed by atoms with Crippen molar-refractivity contribution in [3.63, 3.8) is 0 Å². The Balaban J connectivity index is 1.83. The topological polar surface area (TPSA) is 130 Å². The average molecular weight is 445 g/mol. The van der Waals surface area contributed by atoms with Crippen LogP contribution in [0, 0.1) is 0 Å². The number of amides is 1. The van der Waals surface area contributed by atoms with E-state index in [4.69, 9.17) is 10.2 Å². The number of carboxylic acids is 1. The van der Waals surface area contributed by atoms with Crippen molar-refractivity contribution in [2.24, 2.45) is 0 Å². The minimum absolute atomic E-state index is 0.232. The predicted octanol–water partition coefficient (Wildman–Crippen LogP) is 2.52. The zero-order valence-corrected chi connectivity index (χ0v) is 17.1. The minimum Gasteiger partial charge on any atom is -0.755 e. The molecule has 0 aliphatic heterocycles. The number of aliphatic hydroxyl groups excluding tert-OH is 1. The van der Waals surface area contributed by atoms with Crippen LogP contribution in [-0.4, -0.2) is 43.5 Å². The summed E-state index contributed by atoms with van der Waals surface area (Å²) in [6.07, 6.45) is 0. The van der Waals surface area contributed by atoms with Crippen molar-refractivity contribution in [1.82, 2.24) is 5.32 Å². The lowest BCUT2D eigenvalue weighted by Crippen LogP contribution is -2.43. The molecule has 1 amide bonds. The lowest BCUT2D eigenvalue weighted by atomic mass is 10.0. The van der Waals surface area contributed by atoms with Gasteiger partial charge in [-0.25, -0.2) is 4.79 Å². The van der Waals surface area contributed by atoms with Crippen LogP contribution in [0.1, 0.15) is 10.4 Å². The Morgan fingerprint density at radius 2 is 1.83 bits per heavy atom. The lowest BCUT2D eigenvalue weighted by Gasteiger charge is -2.25. The Bertz CT molecular complexity index is 1050. The van der Waals surface area contributed by atoms with Gasteiger partial charge in [0.1, 0.15) is 0 Å². The van der Waals surface area contributed by atoms with E-state index in [0.717, 1.165) is 11.1 Å². The second kappa shape index (κ2) is 9.63. The van der Waals surface area contributed by atoms with Gasteiger partial charge in [-0.1, -0.05) is 24.3 Å². The smallest absolute Gasteiger partial charge is 0.328 e. The van der Waals surface area contributed by atoms with E-state index in [1.807, 2.05) is 6.07 Å². The van der Waals surface area contributed by atoms with Crippen molar-refractivity contribution < 1.29 is 28.6 Å². The van der Waals surface area contributed by atoms with Crippen LogP contribution in [0.2, 0.25) is 0 Å². The normalized spacial score (nSPS) is 12.7. The van der Waals surface area contributed by atoms with Gasteiger partial charge >= 0.3 is 5.97 Å². The molecule has 3 rings (SSSR count). The molecule has 3 aromatic rings. The van der Waals surface area contributed by atoms with Crippen molar-refractivity contribution in [2.75, 3.05) is 10.9 Å². The molecule has 1 aromatic heterocycles. The van der Waals surface area contributed by atoms with Crippen molar-refractivity contribution in [3.05, 3.63) is 70.9 Å². The summed E-state index contributed by atoms with van der Waals surface area (Å²) in [7, 11) is 0. The fraction of sp³-hybridized carbons (Fsp3) is 0.100. The molecule has 0 radical (unpaired) electrons. The second-order valence-corrected chi connectivity index (χ2v) is 7.75. The molecule has 8 nitrogen and oxygen atoms in total. The van der Waals surface area contributed by atoms with Gasteiger partial charge in [-0.2, -0.15) is 11.3 Å². The quantitative estimate of drug-likeness (QED) is 0.457. The maximum Gasteiger partial charge on any atom is 0.328 e. The highest BCUT2D eigenvalue weighted by molar-refractivity contribution is 7.81. The van der Waals surface area contributed by atoms with E-state index in [9.17, 15) is 18.4 Å². The van der Waals surface area contributed by atoms with Gasteiger partial charge in [0.2, 0.25) is 0 Å². The summed E-state index contributed by atoms with van der Waals surface area (Å²) in [6, 6.07) is 13.7. The van der Waals surface area contributed by atoms with E-state index in [2.05, 4.69) is 5.32 Å². The molecule has 0 aliphatic rings. The highest BCUT2D eigenvalue weighted by atomic mass is 32.2. The van der Waals surface area contributed by atoms with Gasteiger partial charge in [-0.3, -0.25) is 13.3 Å². The summed E-state index contributed by atoms with van der Waals surface area (Å²) in [5, 5.41) is 23.7. The third-order valence-electron chi connectivity index (χ3n) is 4.24. The Morgan fingerprint density at radius 1 is 1.10 bits per heavy atom.